The first-order chi connectivity index (χ1) is 12.5. The molecule has 134 valence electrons. The molecule has 0 saturated carbocycles. The van der Waals surface area contributed by atoms with Crippen molar-refractivity contribution in [3.8, 4) is 6.07 Å². The van der Waals surface area contributed by atoms with Crippen molar-refractivity contribution < 1.29 is 9.32 Å². The van der Waals surface area contributed by atoms with E-state index in [4.69, 9.17) is 9.78 Å². The van der Waals surface area contributed by atoms with E-state index in [9.17, 15) is 4.79 Å². The zero-order chi connectivity index (χ0) is 18.3. The summed E-state index contributed by atoms with van der Waals surface area (Å²) < 4.78 is 5.27. The van der Waals surface area contributed by atoms with Crippen LogP contribution in [0.15, 0.2) is 28.8 Å². The number of benzene rings is 1. The second-order valence-electron chi connectivity index (χ2n) is 7.58. The highest BCUT2D eigenvalue weighted by molar-refractivity contribution is 5.96. The lowest BCUT2D eigenvalue weighted by molar-refractivity contribution is -0.117. The summed E-state index contributed by atoms with van der Waals surface area (Å²) in [4.78, 5) is 16.9. The van der Waals surface area contributed by atoms with E-state index >= 15 is 0 Å². The predicted octanol–water partition coefficient (Wildman–Crippen LogP) is 2.79. The number of aryl methyl sites for hydroxylation is 2. The minimum absolute atomic E-state index is 0.00128. The normalized spacial score (nSPS) is 23.1. The summed E-state index contributed by atoms with van der Waals surface area (Å²) in [6.07, 6.45) is 1.58. The van der Waals surface area contributed by atoms with Crippen molar-refractivity contribution in [1.29, 1.82) is 5.26 Å². The van der Waals surface area contributed by atoms with Gasteiger partial charge < -0.3 is 9.42 Å². The van der Waals surface area contributed by atoms with Gasteiger partial charge in [0, 0.05) is 42.7 Å². The summed E-state index contributed by atoms with van der Waals surface area (Å²) in [7, 11) is 0. The van der Waals surface area contributed by atoms with Crippen LogP contribution in [0.3, 0.4) is 0 Å². The average molecular weight is 350 g/mol. The maximum absolute atomic E-state index is 12.7. The SMILES string of the molecule is Cc1noc(C)c1CN1CC[C@]2(CC(=O)N(c3cccc(C#N)c3)C2)C1. The van der Waals surface area contributed by atoms with Gasteiger partial charge in [0.25, 0.3) is 0 Å². The van der Waals surface area contributed by atoms with Gasteiger partial charge in [0.15, 0.2) is 0 Å². The van der Waals surface area contributed by atoms with Crippen molar-refractivity contribution >= 4 is 11.6 Å². The molecule has 0 N–H and O–H groups in total. The van der Waals surface area contributed by atoms with Crippen LogP contribution in [0.4, 0.5) is 5.69 Å². The molecular formula is C20H22N4O2. The van der Waals surface area contributed by atoms with E-state index in [0.717, 1.165) is 55.3 Å². The molecule has 1 aromatic heterocycles. The van der Waals surface area contributed by atoms with Crippen molar-refractivity contribution in [2.45, 2.75) is 33.2 Å². The highest BCUT2D eigenvalue weighted by Crippen LogP contribution is 2.42. The fourth-order valence-corrected chi connectivity index (χ4v) is 4.26. The molecule has 1 atom stereocenters. The summed E-state index contributed by atoms with van der Waals surface area (Å²) in [5.74, 6) is 1.03. The number of rotatable bonds is 3. The number of aromatic nitrogens is 1. The highest BCUT2D eigenvalue weighted by atomic mass is 16.5. The number of nitriles is 1. The van der Waals surface area contributed by atoms with Crippen LogP contribution in [0.25, 0.3) is 0 Å². The fraction of sp³-hybridized carbons (Fsp3) is 0.450. The number of hydrogen-bond acceptors (Lipinski definition) is 5. The summed E-state index contributed by atoms with van der Waals surface area (Å²) >= 11 is 0. The molecule has 1 spiro atoms. The van der Waals surface area contributed by atoms with Gasteiger partial charge in [-0.1, -0.05) is 11.2 Å². The number of likely N-dealkylation sites (tertiary alicyclic amines) is 1. The monoisotopic (exact) mass is 350 g/mol. The van der Waals surface area contributed by atoms with Gasteiger partial charge in [-0.15, -0.1) is 0 Å². The Balaban J connectivity index is 1.49. The van der Waals surface area contributed by atoms with Gasteiger partial charge in [-0.3, -0.25) is 9.69 Å². The Morgan fingerprint density at radius 3 is 2.92 bits per heavy atom. The lowest BCUT2D eigenvalue weighted by Crippen LogP contribution is -2.31. The number of carbonyl (C=O) groups excluding carboxylic acids is 1. The third kappa shape index (κ3) is 2.89. The van der Waals surface area contributed by atoms with Crippen LogP contribution in [0.5, 0.6) is 0 Å². The summed E-state index contributed by atoms with van der Waals surface area (Å²) in [5, 5.41) is 13.1. The minimum Gasteiger partial charge on any atom is -0.361 e. The number of anilines is 1. The van der Waals surface area contributed by atoms with E-state index in [0.29, 0.717) is 12.0 Å². The first-order valence-corrected chi connectivity index (χ1v) is 8.94. The number of nitrogens with zero attached hydrogens (tertiary/aromatic N) is 4. The largest absolute Gasteiger partial charge is 0.361 e. The van der Waals surface area contributed by atoms with Crippen LogP contribution in [-0.2, 0) is 11.3 Å². The van der Waals surface area contributed by atoms with E-state index in [-0.39, 0.29) is 11.3 Å². The Labute approximate surface area is 153 Å². The lowest BCUT2D eigenvalue weighted by atomic mass is 9.86. The maximum atomic E-state index is 12.7. The zero-order valence-electron chi connectivity index (χ0n) is 15.2. The smallest absolute Gasteiger partial charge is 0.227 e. The molecule has 2 aliphatic heterocycles. The Morgan fingerprint density at radius 1 is 1.35 bits per heavy atom. The number of amides is 1. The second-order valence-corrected chi connectivity index (χ2v) is 7.58. The molecule has 3 heterocycles. The van der Waals surface area contributed by atoms with Crippen molar-refractivity contribution in [3.05, 3.63) is 46.8 Å². The summed E-state index contributed by atoms with van der Waals surface area (Å²) in [6.45, 7) is 7.34. The van der Waals surface area contributed by atoms with Crippen LogP contribution in [0.1, 0.15) is 35.4 Å². The standard InChI is InChI=1S/C20H22N4O2/c1-14-18(15(2)26-22-14)11-23-7-6-20(12-23)9-19(25)24(13-20)17-5-3-4-16(8-17)10-21/h3-5,8H,6-7,9,11-13H2,1-2H3/t20-/m0/s1. The van der Waals surface area contributed by atoms with Crippen LogP contribution >= 0.6 is 0 Å². The molecule has 0 radical (unpaired) electrons. The van der Waals surface area contributed by atoms with Crippen LogP contribution in [0.2, 0.25) is 0 Å². The molecule has 1 amide bonds. The van der Waals surface area contributed by atoms with Gasteiger partial charge in [-0.2, -0.15) is 5.26 Å². The average Bonchev–Trinajstić information content (AvgIpc) is 3.29. The van der Waals surface area contributed by atoms with E-state index < -0.39 is 0 Å². The van der Waals surface area contributed by atoms with Crippen LogP contribution < -0.4 is 4.90 Å². The van der Waals surface area contributed by atoms with E-state index in [1.807, 2.05) is 30.9 Å². The third-order valence-corrected chi connectivity index (χ3v) is 5.69. The number of carbonyl (C=O) groups is 1. The predicted molar refractivity (Wildman–Crippen MR) is 96.4 cm³/mol. The van der Waals surface area contributed by atoms with Gasteiger partial charge in [-0.05, 0) is 45.0 Å². The molecular weight excluding hydrogens is 328 g/mol. The zero-order valence-corrected chi connectivity index (χ0v) is 15.2. The van der Waals surface area contributed by atoms with Gasteiger partial charge >= 0.3 is 0 Å². The Kier molecular flexibility index (Phi) is 4.04. The first kappa shape index (κ1) is 16.8. The Morgan fingerprint density at radius 2 is 2.19 bits per heavy atom. The van der Waals surface area contributed by atoms with Crippen molar-refractivity contribution in [1.82, 2.24) is 10.1 Å². The van der Waals surface area contributed by atoms with Crippen molar-refractivity contribution in [2.75, 3.05) is 24.5 Å². The molecule has 26 heavy (non-hydrogen) atoms. The van der Waals surface area contributed by atoms with Gasteiger partial charge in [0.05, 0.1) is 17.3 Å². The van der Waals surface area contributed by atoms with Gasteiger partial charge in [0.1, 0.15) is 5.76 Å². The molecule has 0 aliphatic carbocycles. The molecule has 4 rings (SSSR count). The van der Waals surface area contributed by atoms with E-state index in [1.165, 1.54) is 0 Å². The highest BCUT2D eigenvalue weighted by Gasteiger charge is 2.47. The van der Waals surface area contributed by atoms with Gasteiger partial charge in [0.2, 0.25) is 5.91 Å². The van der Waals surface area contributed by atoms with Crippen LogP contribution in [-0.4, -0.2) is 35.6 Å². The molecule has 0 bridgehead atoms. The Bertz CT molecular complexity index is 878. The van der Waals surface area contributed by atoms with Crippen molar-refractivity contribution in [3.63, 3.8) is 0 Å². The third-order valence-electron chi connectivity index (χ3n) is 5.69. The summed E-state index contributed by atoms with van der Waals surface area (Å²) in [5.41, 5.74) is 3.52. The van der Waals surface area contributed by atoms with E-state index in [2.05, 4.69) is 16.1 Å². The molecule has 2 fully saturated rings. The number of hydrogen-bond donors (Lipinski definition) is 0. The first-order valence-electron chi connectivity index (χ1n) is 8.94. The quantitative estimate of drug-likeness (QED) is 0.851. The molecule has 2 saturated heterocycles. The molecule has 6 heteroatoms. The molecule has 2 aliphatic rings. The lowest BCUT2D eigenvalue weighted by Gasteiger charge is -2.24. The van der Waals surface area contributed by atoms with Crippen LogP contribution in [0, 0.1) is 30.6 Å². The topological polar surface area (TPSA) is 73.4 Å². The Hall–Kier alpha value is -2.65. The molecule has 6 nitrogen and oxygen atoms in total. The fourth-order valence-electron chi connectivity index (χ4n) is 4.26. The van der Waals surface area contributed by atoms with Gasteiger partial charge in [-0.25, -0.2) is 0 Å². The second kappa shape index (κ2) is 6.26. The van der Waals surface area contributed by atoms with E-state index in [1.54, 1.807) is 12.1 Å². The molecule has 0 unspecified atom stereocenters. The maximum Gasteiger partial charge on any atom is 0.227 e. The summed E-state index contributed by atoms with van der Waals surface area (Å²) in [6, 6.07) is 9.46. The van der Waals surface area contributed by atoms with Crippen molar-refractivity contribution in [2.24, 2.45) is 5.41 Å². The molecule has 2 aromatic rings. The molecule has 1 aromatic carbocycles. The minimum atomic E-state index is -0.00128.